The van der Waals surface area contributed by atoms with Crippen LogP contribution in [0.4, 0.5) is 0 Å². The van der Waals surface area contributed by atoms with Gasteiger partial charge in [-0.2, -0.15) is 0 Å². The monoisotopic (exact) mass is 344 g/mol. The fourth-order valence-corrected chi connectivity index (χ4v) is 3.91. The minimum absolute atomic E-state index is 0.0301. The van der Waals surface area contributed by atoms with Crippen molar-refractivity contribution in [2.24, 2.45) is 5.92 Å². The fourth-order valence-electron chi connectivity index (χ4n) is 3.91. The van der Waals surface area contributed by atoms with Gasteiger partial charge in [-0.05, 0) is 31.2 Å². The lowest BCUT2D eigenvalue weighted by atomic mass is 9.95. The molecular formula is C20H28N2O3. The van der Waals surface area contributed by atoms with E-state index in [1.807, 2.05) is 35.2 Å². The Kier molecular flexibility index (Phi) is 5.74. The van der Waals surface area contributed by atoms with E-state index in [0.717, 1.165) is 50.6 Å². The third kappa shape index (κ3) is 4.82. The highest BCUT2D eigenvalue weighted by atomic mass is 16.3. The van der Waals surface area contributed by atoms with E-state index in [2.05, 4.69) is 5.32 Å². The Balaban J connectivity index is 1.50. The van der Waals surface area contributed by atoms with Crippen molar-refractivity contribution in [3.63, 3.8) is 0 Å². The first-order valence-electron chi connectivity index (χ1n) is 9.38. The average Bonchev–Trinajstić information content (AvgIpc) is 3.07. The summed E-state index contributed by atoms with van der Waals surface area (Å²) < 4.78 is 0. The van der Waals surface area contributed by atoms with Crippen LogP contribution < -0.4 is 5.32 Å². The van der Waals surface area contributed by atoms with Crippen LogP contribution in [-0.2, 0) is 16.0 Å². The number of piperidine rings is 1. The molecular weight excluding hydrogens is 316 g/mol. The SMILES string of the molecule is O=C(NCC1(O)CCCC1)C1CCCN(C(=O)Cc2ccccc2)C1. The number of carbonyl (C=O) groups is 2. The summed E-state index contributed by atoms with van der Waals surface area (Å²) in [5, 5.41) is 13.3. The lowest BCUT2D eigenvalue weighted by Crippen LogP contribution is -2.48. The van der Waals surface area contributed by atoms with Crippen molar-refractivity contribution >= 4 is 11.8 Å². The minimum atomic E-state index is -0.729. The number of carbonyl (C=O) groups excluding carboxylic acids is 2. The predicted molar refractivity (Wildman–Crippen MR) is 95.9 cm³/mol. The van der Waals surface area contributed by atoms with Gasteiger partial charge in [0, 0.05) is 19.6 Å². The van der Waals surface area contributed by atoms with E-state index in [-0.39, 0.29) is 17.7 Å². The second-order valence-electron chi connectivity index (χ2n) is 7.49. The highest BCUT2D eigenvalue weighted by molar-refractivity contribution is 5.82. The normalized spacial score (nSPS) is 22.6. The summed E-state index contributed by atoms with van der Waals surface area (Å²) in [5.41, 5.74) is 0.273. The molecule has 0 bridgehead atoms. The highest BCUT2D eigenvalue weighted by Gasteiger charge is 2.33. The maximum atomic E-state index is 12.5. The summed E-state index contributed by atoms with van der Waals surface area (Å²) in [6.07, 6.45) is 5.62. The Labute approximate surface area is 149 Å². The van der Waals surface area contributed by atoms with Gasteiger partial charge in [0.1, 0.15) is 0 Å². The highest BCUT2D eigenvalue weighted by Crippen LogP contribution is 2.28. The molecule has 0 radical (unpaired) electrons. The molecule has 1 aromatic carbocycles. The van der Waals surface area contributed by atoms with Crippen molar-refractivity contribution in [2.75, 3.05) is 19.6 Å². The smallest absolute Gasteiger partial charge is 0.227 e. The van der Waals surface area contributed by atoms with Gasteiger partial charge >= 0.3 is 0 Å². The molecule has 5 heteroatoms. The molecule has 2 N–H and O–H groups in total. The van der Waals surface area contributed by atoms with Crippen LogP contribution in [0, 0.1) is 5.92 Å². The zero-order valence-corrected chi connectivity index (χ0v) is 14.7. The van der Waals surface area contributed by atoms with E-state index >= 15 is 0 Å². The van der Waals surface area contributed by atoms with Crippen molar-refractivity contribution in [2.45, 2.75) is 50.5 Å². The molecule has 1 heterocycles. The van der Waals surface area contributed by atoms with Gasteiger partial charge in [-0.3, -0.25) is 9.59 Å². The van der Waals surface area contributed by atoms with E-state index in [1.54, 1.807) is 0 Å². The minimum Gasteiger partial charge on any atom is -0.388 e. The molecule has 1 aliphatic carbocycles. The molecule has 136 valence electrons. The predicted octanol–water partition coefficient (Wildman–Crippen LogP) is 1.89. The second-order valence-corrected chi connectivity index (χ2v) is 7.49. The summed E-state index contributed by atoms with van der Waals surface area (Å²) in [7, 11) is 0. The summed E-state index contributed by atoms with van der Waals surface area (Å²) >= 11 is 0. The summed E-state index contributed by atoms with van der Waals surface area (Å²) in [6, 6.07) is 9.71. The number of rotatable bonds is 5. The van der Waals surface area contributed by atoms with Crippen LogP contribution in [0.25, 0.3) is 0 Å². The zero-order chi connectivity index (χ0) is 17.7. The van der Waals surface area contributed by atoms with Gasteiger partial charge in [-0.15, -0.1) is 0 Å². The molecule has 1 aliphatic heterocycles. The van der Waals surface area contributed by atoms with Gasteiger partial charge in [0.2, 0.25) is 11.8 Å². The number of nitrogens with zero attached hydrogens (tertiary/aromatic N) is 1. The fraction of sp³-hybridized carbons (Fsp3) is 0.600. The Morgan fingerprint density at radius 3 is 2.60 bits per heavy atom. The number of nitrogens with one attached hydrogen (secondary N) is 1. The first kappa shape index (κ1) is 17.9. The van der Waals surface area contributed by atoms with Crippen LogP contribution in [0.5, 0.6) is 0 Å². The van der Waals surface area contributed by atoms with Crippen molar-refractivity contribution in [1.82, 2.24) is 10.2 Å². The van der Waals surface area contributed by atoms with Crippen LogP contribution in [-0.4, -0.2) is 47.1 Å². The largest absolute Gasteiger partial charge is 0.388 e. The molecule has 1 unspecified atom stereocenters. The quantitative estimate of drug-likeness (QED) is 0.857. The molecule has 1 saturated heterocycles. The first-order valence-corrected chi connectivity index (χ1v) is 9.38. The second kappa shape index (κ2) is 8.00. The Morgan fingerprint density at radius 2 is 1.88 bits per heavy atom. The van der Waals surface area contributed by atoms with E-state index in [4.69, 9.17) is 0 Å². The lowest BCUT2D eigenvalue weighted by molar-refractivity contribution is -0.135. The van der Waals surface area contributed by atoms with Crippen molar-refractivity contribution in [1.29, 1.82) is 0 Å². The third-order valence-electron chi connectivity index (χ3n) is 5.47. The topological polar surface area (TPSA) is 69.6 Å². The van der Waals surface area contributed by atoms with Gasteiger partial charge in [-0.25, -0.2) is 0 Å². The standard InChI is InChI=1S/C20H28N2O3/c23-18(13-16-7-2-1-3-8-16)22-12-6-9-17(14-22)19(24)21-15-20(25)10-4-5-11-20/h1-3,7-8,17,25H,4-6,9-15H2,(H,21,24). The molecule has 2 aliphatic rings. The molecule has 1 atom stereocenters. The molecule has 1 saturated carbocycles. The van der Waals surface area contributed by atoms with Gasteiger partial charge in [0.05, 0.1) is 17.9 Å². The Morgan fingerprint density at radius 1 is 1.16 bits per heavy atom. The molecule has 0 spiro atoms. The van der Waals surface area contributed by atoms with Crippen LogP contribution in [0.15, 0.2) is 30.3 Å². The van der Waals surface area contributed by atoms with Crippen LogP contribution in [0.2, 0.25) is 0 Å². The number of hydrogen-bond donors (Lipinski definition) is 2. The number of amides is 2. The van der Waals surface area contributed by atoms with Crippen molar-refractivity contribution in [3.05, 3.63) is 35.9 Å². The third-order valence-corrected chi connectivity index (χ3v) is 5.47. The average molecular weight is 344 g/mol. The number of aliphatic hydroxyl groups is 1. The van der Waals surface area contributed by atoms with Gasteiger partial charge in [-0.1, -0.05) is 43.2 Å². The summed E-state index contributed by atoms with van der Waals surface area (Å²) in [5.74, 6) is -0.117. The molecule has 1 aromatic rings. The van der Waals surface area contributed by atoms with Crippen molar-refractivity contribution in [3.8, 4) is 0 Å². The molecule has 0 aromatic heterocycles. The number of benzene rings is 1. The van der Waals surface area contributed by atoms with E-state index < -0.39 is 5.60 Å². The Hall–Kier alpha value is -1.88. The van der Waals surface area contributed by atoms with Gasteiger partial charge in [0.15, 0.2) is 0 Å². The zero-order valence-electron chi connectivity index (χ0n) is 14.7. The van der Waals surface area contributed by atoms with Crippen molar-refractivity contribution < 1.29 is 14.7 Å². The first-order chi connectivity index (χ1) is 12.1. The number of likely N-dealkylation sites (tertiary alicyclic amines) is 1. The molecule has 2 amide bonds. The molecule has 25 heavy (non-hydrogen) atoms. The van der Waals surface area contributed by atoms with Gasteiger partial charge in [0.25, 0.3) is 0 Å². The number of hydrogen-bond acceptors (Lipinski definition) is 3. The molecule has 3 rings (SSSR count). The molecule has 5 nitrogen and oxygen atoms in total. The maximum absolute atomic E-state index is 12.5. The van der Waals surface area contributed by atoms with Crippen LogP contribution in [0.1, 0.15) is 44.1 Å². The lowest BCUT2D eigenvalue weighted by Gasteiger charge is -2.33. The summed E-state index contributed by atoms with van der Waals surface area (Å²) in [6.45, 7) is 1.54. The van der Waals surface area contributed by atoms with Gasteiger partial charge < -0.3 is 15.3 Å². The van der Waals surface area contributed by atoms with E-state index in [1.165, 1.54) is 0 Å². The maximum Gasteiger partial charge on any atom is 0.227 e. The summed E-state index contributed by atoms with van der Waals surface area (Å²) in [4.78, 5) is 26.8. The van der Waals surface area contributed by atoms with E-state index in [9.17, 15) is 14.7 Å². The molecule has 2 fully saturated rings. The Bertz CT molecular complexity index is 596. The van der Waals surface area contributed by atoms with E-state index in [0.29, 0.717) is 19.5 Å². The van der Waals surface area contributed by atoms with Crippen LogP contribution >= 0.6 is 0 Å². The van der Waals surface area contributed by atoms with Crippen LogP contribution in [0.3, 0.4) is 0 Å².